The van der Waals surface area contributed by atoms with Gasteiger partial charge in [-0.2, -0.15) is 0 Å². The van der Waals surface area contributed by atoms with Gasteiger partial charge in [-0.3, -0.25) is 14.5 Å². The summed E-state index contributed by atoms with van der Waals surface area (Å²) in [6.45, 7) is 4.25. The standard InChI is InChI=1S/C21H22N2O3S3/c1-13(2)18(19(25)22-10-9-14-5-7-15(24)8-6-14)23-20(26)17(29-21(23)27)12-16-4-3-11-28-16/h3-8,11-13,18,24H,9-10H2,1-2H3,(H,22,25)/b17-12-/t18-/m0/s1. The molecule has 29 heavy (non-hydrogen) atoms. The van der Waals surface area contributed by atoms with E-state index in [0.29, 0.717) is 22.2 Å². The molecule has 1 saturated heterocycles. The van der Waals surface area contributed by atoms with Gasteiger partial charge < -0.3 is 10.4 Å². The number of benzene rings is 1. The molecule has 3 rings (SSSR count). The Bertz CT molecular complexity index is 921. The van der Waals surface area contributed by atoms with Crippen molar-refractivity contribution in [3.63, 3.8) is 0 Å². The van der Waals surface area contributed by atoms with Crippen LogP contribution in [0.1, 0.15) is 24.3 Å². The van der Waals surface area contributed by atoms with Gasteiger partial charge in [0.05, 0.1) is 4.91 Å². The SMILES string of the molecule is CC(C)[C@@H](C(=O)NCCc1ccc(O)cc1)N1C(=O)/C(=C/c2cccs2)SC1=S. The van der Waals surface area contributed by atoms with Gasteiger partial charge in [-0.15, -0.1) is 11.3 Å². The molecular formula is C21H22N2O3S3. The number of hydrogen-bond acceptors (Lipinski definition) is 6. The van der Waals surface area contributed by atoms with E-state index in [4.69, 9.17) is 12.2 Å². The maximum Gasteiger partial charge on any atom is 0.266 e. The lowest BCUT2D eigenvalue weighted by Crippen LogP contribution is -2.51. The highest BCUT2D eigenvalue weighted by molar-refractivity contribution is 8.26. The van der Waals surface area contributed by atoms with E-state index in [2.05, 4.69) is 5.32 Å². The number of hydrogen-bond donors (Lipinski definition) is 2. The Labute approximate surface area is 183 Å². The smallest absolute Gasteiger partial charge is 0.266 e. The highest BCUT2D eigenvalue weighted by Gasteiger charge is 2.41. The summed E-state index contributed by atoms with van der Waals surface area (Å²) in [6, 6.07) is 10.1. The first kappa shape index (κ1) is 21.5. The van der Waals surface area contributed by atoms with Crippen molar-refractivity contribution in [1.29, 1.82) is 0 Å². The van der Waals surface area contributed by atoms with Gasteiger partial charge in [-0.1, -0.05) is 56.0 Å². The van der Waals surface area contributed by atoms with Gasteiger partial charge >= 0.3 is 0 Å². The molecule has 0 saturated carbocycles. The van der Waals surface area contributed by atoms with Crippen LogP contribution >= 0.6 is 35.3 Å². The van der Waals surface area contributed by atoms with E-state index in [9.17, 15) is 14.7 Å². The molecule has 0 radical (unpaired) electrons. The molecule has 0 aliphatic carbocycles. The largest absolute Gasteiger partial charge is 0.508 e. The number of thiophene rings is 1. The van der Waals surface area contributed by atoms with Gasteiger partial charge in [0.25, 0.3) is 5.91 Å². The van der Waals surface area contributed by atoms with Gasteiger partial charge in [0.15, 0.2) is 0 Å². The van der Waals surface area contributed by atoms with Gasteiger partial charge in [0.2, 0.25) is 5.91 Å². The molecule has 2 aromatic rings. The number of thiocarbonyl (C=S) groups is 1. The van der Waals surface area contributed by atoms with Crippen LogP contribution in [-0.4, -0.2) is 38.7 Å². The number of phenols is 1. The molecule has 0 unspecified atom stereocenters. The van der Waals surface area contributed by atoms with Crippen molar-refractivity contribution in [1.82, 2.24) is 10.2 Å². The second kappa shape index (κ2) is 9.56. The fourth-order valence-electron chi connectivity index (χ4n) is 3.04. The molecule has 2 amide bonds. The predicted octanol–water partition coefficient (Wildman–Crippen LogP) is 4.04. The minimum atomic E-state index is -0.656. The topological polar surface area (TPSA) is 69.6 Å². The molecular weight excluding hydrogens is 424 g/mol. The van der Waals surface area contributed by atoms with E-state index in [1.54, 1.807) is 23.5 Å². The average molecular weight is 447 g/mol. The average Bonchev–Trinajstić information content (AvgIpc) is 3.27. The molecule has 1 atom stereocenters. The molecule has 152 valence electrons. The summed E-state index contributed by atoms with van der Waals surface area (Å²) in [5.41, 5.74) is 1.01. The van der Waals surface area contributed by atoms with Crippen LogP contribution in [0.25, 0.3) is 6.08 Å². The predicted molar refractivity (Wildman–Crippen MR) is 123 cm³/mol. The van der Waals surface area contributed by atoms with Crippen LogP contribution in [0.3, 0.4) is 0 Å². The first-order chi connectivity index (χ1) is 13.9. The van der Waals surface area contributed by atoms with Crippen LogP contribution in [0.15, 0.2) is 46.7 Å². The number of aromatic hydroxyl groups is 1. The molecule has 2 N–H and O–H groups in total. The third-order valence-corrected chi connectivity index (χ3v) is 6.62. The number of carbonyl (C=O) groups excluding carboxylic acids is 2. The summed E-state index contributed by atoms with van der Waals surface area (Å²) in [4.78, 5) is 28.8. The van der Waals surface area contributed by atoms with Crippen molar-refractivity contribution in [2.45, 2.75) is 26.3 Å². The number of nitrogens with zero attached hydrogens (tertiary/aromatic N) is 1. The summed E-state index contributed by atoms with van der Waals surface area (Å²) in [5, 5.41) is 14.2. The van der Waals surface area contributed by atoms with Gasteiger partial charge in [0, 0.05) is 11.4 Å². The third kappa shape index (κ3) is 5.26. The van der Waals surface area contributed by atoms with E-state index in [1.807, 2.05) is 49.6 Å². The minimum Gasteiger partial charge on any atom is -0.508 e. The third-order valence-electron chi connectivity index (χ3n) is 4.47. The second-order valence-electron chi connectivity index (χ2n) is 6.96. The summed E-state index contributed by atoms with van der Waals surface area (Å²) in [6.07, 6.45) is 2.46. The quantitative estimate of drug-likeness (QED) is 0.496. The second-order valence-corrected chi connectivity index (χ2v) is 9.62. The number of thioether (sulfide) groups is 1. The molecule has 0 spiro atoms. The maximum atomic E-state index is 13.0. The Kier molecular flexibility index (Phi) is 7.10. The van der Waals surface area contributed by atoms with E-state index >= 15 is 0 Å². The van der Waals surface area contributed by atoms with Crippen LogP contribution in [0.2, 0.25) is 0 Å². The molecule has 1 aliphatic rings. The lowest BCUT2D eigenvalue weighted by molar-refractivity contribution is -0.134. The zero-order chi connectivity index (χ0) is 21.0. The first-order valence-corrected chi connectivity index (χ1v) is 11.3. The van der Waals surface area contributed by atoms with Crippen LogP contribution in [0.4, 0.5) is 0 Å². The summed E-state index contributed by atoms with van der Waals surface area (Å²) in [5.74, 6) is -0.317. The molecule has 1 aliphatic heterocycles. The minimum absolute atomic E-state index is 0.0905. The summed E-state index contributed by atoms with van der Waals surface area (Å²) < 4.78 is 0.408. The van der Waals surface area contributed by atoms with E-state index in [0.717, 1.165) is 10.4 Å². The Morgan fingerprint density at radius 2 is 2.00 bits per heavy atom. The van der Waals surface area contributed by atoms with Crippen molar-refractivity contribution in [3.8, 4) is 5.75 Å². The van der Waals surface area contributed by atoms with Gasteiger partial charge in [0.1, 0.15) is 16.1 Å². The zero-order valence-electron chi connectivity index (χ0n) is 16.1. The molecule has 5 nitrogen and oxygen atoms in total. The summed E-state index contributed by atoms with van der Waals surface area (Å²) in [7, 11) is 0. The van der Waals surface area contributed by atoms with Gasteiger partial charge in [-0.05, 0) is 47.6 Å². The Morgan fingerprint density at radius 3 is 2.62 bits per heavy atom. The van der Waals surface area contributed by atoms with Crippen molar-refractivity contribution in [2.75, 3.05) is 6.54 Å². The van der Waals surface area contributed by atoms with Crippen LogP contribution in [0, 0.1) is 5.92 Å². The Balaban J connectivity index is 1.68. The molecule has 1 aromatic carbocycles. The zero-order valence-corrected chi connectivity index (χ0v) is 18.6. The van der Waals surface area contributed by atoms with Crippen molar-refractivity contribution in [3.05, 3.63) is 57.1 Å². The van der Waals surface area contributed by atoms with E-state index in [-0.39, 0.29) is 23.5 Å². The number of nitrogens with one attached hydrogen (secondary N) is 1. The highest BCUT2D eigenvalue weighted by Crippen LogP contribution is 2.36. The monoisotopic (exact) mass is 446 g/mol. The lowest BCUT2D eigenvalue weighted by Gasteiger charge is -2.29. The van der Waals surface area contributed by atoms with Crippen molar-refractivity contribution in [2.24, 2.45) is 5.92 Å². The molecule has 1 aromatic heterocycles. The molecule has 2 heterocycles. The maximum absolute atomic E-state index is 13.0. The fourth-order valence-corrected chi connectivity index (χ4v) is 5.09. The lowest BCUT2D eigenvalue weighted by atomic mass is 10.0. The van der Waals surface area contributed by atoms with Crippen LogP contribution < -0.4 is 5.32 Å². The van der Waals surface area contributed by atoms with E-state index in [1.165, 1.54) is 16.7 Å². The normalized spacial score (nSPS) is 16.7. The first-order valence-electron chi connectivity index (χ1n) is 9.23. The van der Waals surface area contributed by atoms with Gasteiger partial charge in [-0.25, -0.2) is 0 Å². The fraction of sp³-hybridized carbons (Fsp3) is 0.286. The van der Waals surface area contributed by atoms with Crippen LogP contribution in [0.5, 0.6) is 5.75 Å². The van der Waals surface area contributed by atoms with E-state index < -0.39 is 6.04 Å². The Hall–Kier alpha value is -2.16. The number of rotatable bonds is 7. The van der Waals surface area contributed by atoms with Crippen LogP contribution in [-0.2, 0) is 16.0 Å². The Morgan fingerprint density at radius 1 is 1.28 bits per heavy atom. The highest BCUT2D eigenvalue weighted by atomic mass is 32.2. The number of phenolic OH excluding ortho intramolecular Hbond substituents is 1. The molecule has 1 fully saturated rings. The molecule has 8 heteroatoms. The summed E-state index contributed by atoms with van der Waals surface area (Å²) >= 11 is 8.22. The number of carbonyl (C=O) groups is 2. The molecule has 0 bridgehead atoms. The van der Waals surface area contributed by atoms with Crippen molar-refractivity contribution >= 4 is 57.5 Å². The number of amides is 2. The van der Waals surface area contributed by atoms with Crippen molar-refractivity contribution < 1.29 is 14.7 Å².